The van der Waals surface area contributed by atoms with Gasteiger partial charge in [-0.25, -0.2) is 4.98 Å². The van der Waals surface area contributed by atoms with E-state index in [-0.39, 0.29) is 0 Å². The Hall–Kier alpha value is -2.50. The predicted octanol–water partition coefficient (Wildman–Crippen LogP) is 3.72. The van der Waals surface area contributed by atoms with Gasteiger partial charge in [0.05, 0.1) is 7.11 Å². The minimum atomic E-state index is 0.836. The number of methoxy groups -OCH3 is 1. The van der Waals surface area contributed by atoms with Crippen LogP contribution in [0.5, 0.6) is 5.75 Å². The van der Waals surface area contributed by atoms with E-state index in [0.717, 1.165) is 55.9 Å². The molecule has 0 unspecified atom stereocenters. The Bertz CT molecular complexity index is 711. The minimum Gasteiger partial charge on any atom is -0.497 e. The van der Waals surface area contributed by atoms with Crippen molar-refractivity contribution in [2.24, 2.45) is 0 Å². The van der Waals surface area contributed by atoms with E-state index in [4.69, 9.17) is 9.72 Å². The van der Waals surface area contributed by atoms with Crippen LogP contribution in [0.3, 0.4) is 0 Å². The second-order valence-corrected chi connectivity index (χ2v) is 7.00. The van der Waals surface area contributed by atoms with E-state index in [0.29, 0.717) is 0 Å². The molecule has 0 bridgehead atoms. The zero-order valence-corrected chi connectivity index (χ0v) is 16.7. The highest BCUT2D eigenvalue weighted by Gasteiger charge is 2.20. The molecule has 1 aliphatic heterocycles. The van der Waals surface area contributed by atoms with Crippen LogP contribution in [-0.2, 0) is 0 Å². The Morgan fingerprint density at radius 2 is 1.70 bits per heavy atom. The summed E-state index contributed by atoms with van der Waals surface area (Å²) in [6.07, 6.45) is 3.65. The molecule has 2 aromatic rings. The monoisotopic (exact) mass is 369 g/mol. The van der Waals surface area contributed by atoms with E-state index in [1.54, 1.807) is 7.11 Å². The van der Waals surface area contributed by atoms with Crippen molar-refractivity contribution in [2.45, 2.75) is 33.1 Å². The zero-order chi connectivity index (χ0) is 19.1. The maximum Gasteiger partial charge on any atom is 0.227 e. The highest BCUT2D eigenvalue weighted by molar-refractivity contribution is 5.51. The summed E-state index contributed by atoms with van der Waals surface area (Å²) in [4.78, 5) is 14.1. The average molecular weight is 370 g/mol. The summed E-state index contributed by atoms with van der Waals surface area (Å²) >= 11 is 0. The predicted molar refractivity (Wildman–Crippen MR) is 112 cm³/mol. The van der Waals surface area contributed by atoms with Crippen molar-refractivity contribution in [1.29, 1.82) is 0 Å². The van der Waals surface area contributed by atoms with E-state index in [2.05, 4.69) is 39.2 Å². The Labute approximate surface area is 162 Å². The van der Waals surface area contributed by atoms with Crippen molar-refractivity contribution in [2.75, 3.05) is 55.0 Å². The number of hydrogen-bond donors (Lipinski definition) is 1. The zero-order valence-electron chi connectivity index (χ0n) is 16.7. The standard InChI is InChI=1S/C21H31N5O/c1-4-5-6-11-22-20-16-17(2)23-21(24-20)26-14-12-25(13-15-26)18-7-9-19(27-3)10-8-18/h7-10,16H,4-6,11-15H2,1-3H3,(H,22,23,24). The molecule has 146 valence electrons. The van der Waals surface area contributed by atoms with E-state index in [1.807, 2.05) is 25.1 Å². The maximum absolute atomic E-state index is 5.25. The topological polar surface area (TPSA) is 53.5 Å². The molecule has 0 radical (unpaired) electrons. The first-order chi connectivity index (χ1) is 13.2. The summed E-state index contributed by atoms with van der Waals surface area (Å²) in [7, 11) is 1.70. The van der Waals surface area contributed by atoms with E-state index < -0.39 is 0 Å². The lowest BCUT2D eigenvalue weighted by molar-refractivity contribution is 0.415. The molecule has 27 heavy (non-hydrogen) atoms. The van der Waals surface area contributed by atoms with Gasteiger partial charge >= 0.3 is 0 Å². The largest absolute Gasteiger partial charge is 0.497 e. The number of rotatable bonds is 8. The van der Waals surface area contributed by atoms with Crippen molar-refractivity contribution in [3.63, 3.8) is 0 Å². The number of aryl methyl sites for hydroxylation is 1. The molecule has 0 spiro atoms. The first kappa shape index (κ1) is 19.3. The van der Waals surface area contributed by atoms with Crippen molar-refractivity contribution in [1.82, 2.24) is 9.97 Å². The van der Waals surface area contributed by atoms with Gasteiger partial charge < -0.3 is 19.9 Å². The second-order valence-electron chi connectivity index (χ2n) is 7.00. The lowest BCUT2D eigenvalue weighted by atomic mass is 10.2. The summed E-state index contributed by atoms with van der Waals surface area (Å²) in [5.74, 6) is 2.66. The van der Waals surface area contributed by atoms with Crippen LogP contribution in [0.15, 0.2) is 30.3 Å². The summed E-state index contributed by atoms with van der Waals surface area (Å²) in [6.45, 7) is 8.99. The molecule has 2 heterocycles. The van der Waals surface area contributed by atoms with Crippen molar-refractivity contribution < 1.29 is 4.74 Å². The van der Waals surface area contributed by atoms with E-state index >= 15 is 0 Å². The Morgan fingerprint density at radius 1 is 1.00 bits per heavy atom. The van der Waals surface area contributed by atoms with Gasteiger partial charge in [0.15, 0.2) is 0 Å². The fourth-order valence-electron chi connectivity index (χ4n) is 3.33. The van der Waals surface area contributed by atoms with Gasteiger partial charge in [-0.3, -0.25) is 0 Å². The smallest absolute Gasteiger partial charge is 0.227 e. The van der Waals surface area contributed by atoms with Crippen LogP contribution in [0.4, 0.5) is 17.5 Å². The van der Waals surface area contributed by atoms with E-state index in [9.17, 15) is 0 Å². The van der Waals surface area contributed by atoms with Gasteiger partial charge in [-0.05, 0) is 37.6 Å². The van der Waals surface area contributed by atoms with E-state index in [1.165, 1.54) is 24.9 Å². The fourth-order valence-corrected chi connectivity index (χ4v) is 3.33. The molecule has 3 rings (SSSR count). The minimum absolute atomic E-state index is 0.836. The molecule has 0 amide bonds. The number of nitrogens with one attached hydrogen (secondary N) is 1. The molecule has 6 heteroatoms. The van der Waals surface area contributed by atoms with Gasteiger partial charge in [-0.2, -0.15) is 4.98 Å². The van der Waals surface area contributed by atoms with Gasteiger partial charge in [0, 0.05) is 50.2 Å². The number of nitrogens with zero attached hydrogens (tertiary/aromatic N) is 4. The van der Waals surface area contributed by atoms with Crippen LogP contribution in [0, 0.1) is 6.92 Å². The summed E-state index contributed by atoms with van der Waals surface area (Å²) < 4.78 is 5.25. The third kappa shape index (κ3) is 5.25. The number of unbranched alkanes of at least 4 members (excludes halogenated alkanes) is 2. The molecule has 1 aliphatic rings. The summed E-state index contributed by atoms with van der Waals surface area (Å²) in [5, 5.41) is 3.45. The first-order valence-electron chi connectivity index (χ1n) is 9.93. The van der Waals surface area contributed by atoms with Crippen LogP contribution in [0.25, 0.3) is 0 Å². The molecular formula is C21H31N5O. The Morgan fingerprint density at radius 3 is 2.37 bits per heavy atom. The van der Waals surface area contributed by atoms with Crippen LogP contribution in [0.2, 0.25) is 0 Å². The maximum atomic E-state index is 5.25. The highest BCUT2D eigenvalue weighted by Crippen LogP contribution is 2.22. The molecule has 1 fully saturated rings. The first-order valence-corrected chi connectivity index (χ1v) is 9.93. The van der Waals surface area contributed by atoms with Crippen LogP contribution < -0.4 is 19.9 Å². The van der Waals surface area contributed by atoms with Gasteiger partial charge in [0.25, 0.3) is 0 Å². The quantitative estimate of drug-likeness (QED) is 0.716. The number of benzene rings is 1. The molecule has 0 aliphatic carbocycles. The average Bonchev–Trinajstić information content (AvgIpc) is 2.71. The van der Waals surface area contributed by atoms with Crippen LogP contribution in [0.1, 0.15) is 31.9 Å². The van der Waals surface area contributed by atoms with Gasteiger partial charge in [-0.15, -0.1) is 0 Å². The number of anilines is 3. The number of aromatic nitrogens is 2. The highest BCUT2D eigenvalue weighted by atomic mass is 16.5. The number of hydrogen-bond acceptors (Lipinski definition) is 6. The third-order valence-corrected chi connectivity index (χ3v) is 4.93. The molecule has 6 nitrogen and oxygen atoms in total. The Balaban J connectivity index is 1.58. The van der Waals surface area contributed by atoms with Crippen molar-refractivity contribution >= 4 is 17.5 Å². The van der Waals surface area contributed by atoms with Crippen molar-refractivity contribution in [3.8, 4) is 5.75 Å². The van der Waals surface area contributed by atoms with Crippen LogP contribution in [-0.4, -0.2) is 49.8 Å². The van der Waals surface area contributed by atoms with Gasteiger partial charge in [-0.1, -0.05) is 19.8 Å². The lowest BCUT2D eigenvalue weighted by Crippen LogP contribution is -2.47. The SMILES string of the molecule is CCCCCNc1cc(C)nc(N2CCN(c3ccc(OC)cc3)CC2)n1. The van der Waals surface area contributed by atoms with Crippen molar-refractivity contribution in [3.05, 3.63) is 36.0 Å². The lowest BCUT2D eigenvalue weighted by Gasteiger charge is -2.36. The Kier molecular flexibility index (Phi) is 6.74. The molecular weight excluding hydrogens is 338 g/mol. The normalized spacial score (nSPS) is 14.3. The molecule has 1 N–H and O–H groups in total. The van der Waals surface area contributed by atoms with Gasteiger partial charge in [0.1, 0.15) is 11.6 Å². The third-order valence-electron chi connectivity index (χ3n) is 4.93. The van der Waals surface area contributed by atoms with Gasteiger partial charge in [0.2, 0.25) is 5.95 Å². The molecule has 0 atom stereocenters. The summed E-state index contributed by atoms with van der Waals surface area (Å²) in [6, 6.07) is 10.3. The fraction of sp³-hybridized carbons (Fsp3) is 0.524. The summed E-state index contributed by atoms with van der Waals surface area (Å²) in [5.41, 5.74) is 2.24. The molecule has 0 saturated carbocycles. The number of piperazine rings is 1. The second kappa shape index (κ2) is 9.44. The number of ether oxygens (including phenoxy) is 1. The van der Waals surface area contributed by atoms with Crippen LogP contribution >= 0.6 is 0 Å². The molecule has 1 aromatic heterocycles. The molecule has 1 aromatic carbocycles. The molecule has 1 saturated heterocycles.